The fraction of sp³-hybridized carbons (Fsp3) is 0.182. The molecule has 0 saturated carbocycles. The molecule has 0 radical (unpaired) electrons. The third-order valence-corrected chi connectivity index (χ3v) is 2.18. The Balaban J connectivity index is 2.45. The zero-order chi connectivity index (χ0) is 11.7. The largest absolute Gasteiger partial charge is 0.476 e. The molecule has 0 bridgehead atoms. The van der Waals surface area contributed by atoms with Crippen molar-refractivity contribution >= 4 is 5.97 Å². The molecule has 0 aliphatic heterocycles. The maximum Gasteiger partial charge on any atom is 0.356 e. The molecule has 2 aromatic rings. The van der Waals surface area contributed by atoms with Crippen molar-refractivity contribution in [3.05, 3.63) is 35.2 Å². The summed E-state index contributed by atoms with van der Waals surface area (Å²) in [7, 11) is 0. The lowest BCUT2D eigenvalue weighted by molar-refractivity contribution is 0.0688. The maximum atomic E-state index is 10.7. The van der Waals surface area contributed by atoms with Gasteiger partial charge in [0.15, 0.2) is 11.5 Å². The number of aromatic nitrogens is 2. The van der Waals surface area contributed by atoms with E-state index in [4.69, 9.17) is 9.52 Å². The molecular formula is C11H10N2O3. The van der Waals surface area contributed by atoms with Crippen LogP contribution < -0.4 is 0 Å². The highest BCUT2D eigenvalue weighted by molar-refractivity contribution is 5.87. The van der Waals surface area contributed by atoms with Gasteiger partial charge in [-0.3, -0.25) is 0 Å². The first-order valence-corrected chi connectivity index (χ1v) is 4.72. The summed E-state index contributed by atoms with van der Waals surface area (Å²) in [5.41, 5.74) is 1.06. The van der Waals surface area contributed by atoms with Crippen LogP contribution in [0, 0.1) is 13.8 Å². The topological polar surface area (TPSA) is 76.2 Å². The SMILES string of the molecule is Cc1ccc(-c2cc(C)c(C(=O)O)nn2)o1. The van der Waals surface area contributed by atoms with Crippen LogP contribution in [0.2, 0.25) is 0 Å². The van der Waals surface area contributed by atoms with Crippen LogP contribution in [-0.4, -0.2) is 21.3 Å². The number of hydrogen-bond donors (Lipinski definition) is 1. The first-order valence-electron chi connectivity index (χ1n) is 4.72. The number of aromatic carboxylic acids is 1. The summed E-state index contributed by atoms with van der Waals surface area (Å²) in [4.78, 5) is 10.7. The normalized spacial score (nSPS) is 10.4. The van der Waals surface area contributed by atoms with Gasteiger partial charge in [0.05, 0.1) is 0 Å². The quantitative estimate of drug-likeness (QED) is 0.834. The smallest absolute Gasteiger partial charge is 0.356 e. The second-order valence-electron chi connectivity index (χ2n) is 3.48. The summed E-state index contributed by atoms with van der Waals surface area (Å²) in [6, 6.07) is 5.24. The molecule has 0 saturated heterocycles. The second-order valence-corrected chi connectivity index (χ2v) is 3.48. The van der Waals surface area contributed by atoms with Crippen molar-refractivity contribution in [1.82, 2.24) is 10.2 Å². The summed E-state index contributed by atoms with van der Waals surface area (Å²) in [6.07, 6.45) is 0. The van der Waals surface area contributed by atoms with Gasteiger partial charge in [0.2, 0.25) is 0 Å². The number of rotatable bonds is 2. The first kappa shape index (κ1) is 10.4. The van der Waals surface area contributed by atoms with Crippen LogP contribution >= 0.6 is 0 Å². The number of furan rings is 1. The molecule has 5 nitrogen and oxygen atoms in total. The van der Waals surface area contributed by atoms with Crippen molar-refractivity contribution in [2.24, 2.45) is 0 Å². The van der Waals surface area contributed by atoms with E-state index in [0.29, 0.717) is 17.0 Å². The van der Waals surface area contributed by atoms with E-state index in [0.717, 1.165) is 5.76 Å². The summed E-state index contributed by atoms with van der Waals surface area (Å²) in [6.45, 7) is 3.51. The fourth-order valence-corrected chi connectivity index (χ4v) is 1.39. The Bertz CT molecular complexity index is 546. The summed E-state index contributed by atoms with van der Waals surface area (Å²) >= 11 is 0. The lowest BCUT2D eigenvalue weighted by atomic mass is 10.2. The second kappa shape index (κ2) is 3.77. The minimum atomic E-state index is -1.08. The average Bonchev–Trinajstić information content (AvgIpc) is 2.64. The molecule has 2 rings (SSSR count). The van der Waals surface area contributed by atoms with Crippen LogP contribution in [0.15, 0.2) is 22.6 Å². The van der Waals surface area contributed by atoms with Crippen LogP contribution in [0.25, 0.3) is 11.5 Å². The molecule has 0 amide bonds. The molecule has 2 aromatic heterocycles. The number of carboxylic acid groups (broad SMARTS) is 1. The van der Waals surface area contributed by atoms with Gasteiger partial charge in [-0.2, -0.15) is 0 Å². The van der Waals surface area contributed by atoms with E-state index < -0.39 is 5.97 Å². The van der Waals surface area contributed by atoms with Crippen molar-refractivity contribution in [2.45, 2.75) is 13.8 Å². The van der Waals surface area contributed by atoms with Crippen LogP contribution in [0.4, 0.5) is 0 Å². The molecular weight excluding hydrogens is 208 g/mol. The Kier molecular flexibility index (Phi) is 2.44. The van der Waals surface area contributed by atoms with Crippen LogP contribution in [-0.2, 0) is 0 Å². The first-order chi connectivity index (χ1) is 7.58. The highest BCUT2D eigenvalue weighted by Gasteiger charge is 2.12. The van der Waals surface area contributed by atoms with E-state index in [1.165, 1.54) is 0 Å². The van der Waals surface area contributed by atoms with Crippen LogP contribution in [0.3, 0.4) is 0 Å². The Hall–Kier alpha value is -2.17. The highest BCUT2D eigenvalue weighted by Crippen LogP contribution is 2.20. The molecule has 0 atom stereocenters. The van der Waals surface area contributed by atoms with E-state index in [2.05, 4.69) is 10.2 Å². The molecule has 5 heteroatoms. The Morgan fingerprint density at radius 1 is 1.31 bits per heavy atom. The summed E-state index contributed by atoms with van der Waals surface area (Å²) in [5, 5.41) is 16.3. The Morgan fingerprint density at radius 3 is 2.56 bits per heavy atom. The van der Waals surface area contributed by atoms with Crippen molar-refractivity contribution < 1.29 is 14.3 Å². The fourth-order valence-electron chi connectivity index (χ4n) is 1.39. The van der Waals surface area contributed by atoms with Gasteiger partial charge in [-0.05, 0) is 37.6 Å². The van der Waals surface area contributed by atoms with Gasteiger partial charge < -0.3 is 9.52 Å². The summed E-state index contributed by atoms with van der Waals surface area (Å²) in [5.74, 6) is 0.286. The molecule has 0 unspecified atom stereocenters. The third kappa shape index (κ3) is 1.79. The number of aryl methyl sites for hydroxylation is 2. The van der Waals surface area contributed by atoms with Gasteiger partial charge >= 0.3 is 5.97 Å². The zero-order valence-corrected chi connectivity index (χ0v) is 8.89. The van der Waals surface area contributed by atoms with Crippen molar-refractivity contribution in [3.63, 3.8) is 0 Å². The molecule has 82 valence electrons. The van der Waals surface area contributed by atoms with Crippen molar-refractivity contribution in [3.8, 4) is 11.5 Å². The molecule has 0 aromatic carbocycles. The molecule has 2 heterocycles. The van der Waals surface area contributed by atoms with E-state index in [1.807, 2.05) is 13.0 Å². The minimum Gasteiger partial charge on any atom is -0.476 e. The molecule has 0 aliphatic rings. The van der Waals surface area contributed by atoms with Gasteiger partial charge in [-0.15, -0.1) is 10.2 Å². The van der Waals surface area contributed by atoms with Crippen LogP contribution in [0.5, 0.6) is 0 Å². The monoisotopic (exact) mass is 218 g/mol. The molecule has 0 spiro atoms. The Morgan fingerprint density at radius 2 is 2.06 bits per heavy atom. The van der Waals surface area contributed by atoms with E-state index in [1.54, 1.807) is 19.1 Å². The number of carbonyl (C=O) groups is 1. The molecule has 1 N–H and O–H groups in total. The standard InChI is InChI=1S/C11H10N2O3/c1-6-5-8(9-4-3-7(2)16-9)12-13-10(6)11(14)15/h3-5H,1-2H3,(H,14,15). The van der Waals surface area contributed by atoms with Gasteiger partial charge in [0, 0.05) is 0 Å². The van der Waals surface area contributed by atoms with E-state index in [9.17, 15) is 4.79 Å². The van der Waals surface area contributed by atoms with Crippen molar-refractivity contribution in [1.29, 1.82) is 0 Å². The van der Waals surface area contributed by atoms with Gasteiger partial charge in [-0.25, -0.2) is 4.79 Å². The third-order valence-electron chi connectivity index (χ3n) is 2.18. The lowest BCUT2D eigenvalue weighted by Crippen LogP contribution is -2.05. The predicted molar refractivity (Wildman–Crippen MR) is 56.2 cm³/mol. The van der Waals surface area contributed by atoms with Crippen LogP contribution in [0.1, 0.15) is 21.8 Å². The van der Waals surface area contributed by atoms with Gasteiger partial charge in [0.25, 0.3) is 0 Å². The Labute approximate surface area is 91.7 Å². The molecule has 16 heavy (non-hydrogen) atoms. The predicted octanol–water partition coefficient (Wildman–Crippen LogP) is 2.05. The molecule has 0 aliphatic carbocycles. The van der Waals surface area contributed by atoms with E-state index >= 15 is 0 Å². The maximum absolute atomic E-state index is 10.7. The average molecular weight is 218 g/mol. The highest BCUT2D eigenvalue weighted by atomic mass is 16.4. The van der Waals surface area contributed by atoms with Crippen molar-refractivity contribution in [2.75, 3.05) is 0 Å². The van der Waals surface area contributed by atoms with E-state index in [-0.39, 0.29) is 5.69 Å². The zero-order valence-electron chi connectivity index (χ0n) is 8.89. The number of hydrogen-bond acceptors (Lipinski definition) is 4. The van der Waals surface area contributed by atoms with Gasteiger partial charge in [0.1, 0.15) is 11.5 Å². The lowest BCUT2D eigenvalue weighted by Gasteiger charge is -2.00. The van der Waals surface area contributed by atoms with Gasteiger partial charge in [-0.1, -0.05) is 0 Å². The molecule has 0 fully saturated rings. The number of nitrogens with zero attached hydrogens (tertiary/aromatic N) is 2. The summed E-state index contributed by atoms with van der Waals surface area (Å²) < 4.78 is 5.37. The minimum absolute atomic E-state index is 0.0352. The number of carboxylic acids is 1.